The van der Waals surface area contributed by atoms with E-state index >= 15 is 0 Å². The van der Waals surface area contributed by atoms with Crippen LogP contribution in [0, 0.1) is 11.3 Å². The highest BCUT2D eigenvalue weighted by molar-refractivity contribution is 5.34. The van der Waals surface area contributed by atoms with E-state index in [4.69, 9.17) is 5.26 Å². The molecule has 4 heteroatoms. The van der Waals surface area contributed by atoms with Crippen LogP contribution in [0.5, 0.6) is 0 Å². The third kappa shape index (κ3) is 2.19. The highest BCUT2D eigenvalue weighted by Crippen LogP contribution is 2.20. The summed E-state index contributed by atoms with van der Waals surface area (Å²) in [7, 11) is 0. The molecular formula is C13H13N3O. The van der Waals surface area contributed by atoms with Gasteiger partial charge in [-0.3, -0.25) is 0 Å². The van der Waals surface area contributed by atoms with E-state index in [9.17, 15) is 5.11 Å². The number of benzene rings is 1. The minimum absolute atomic E-state index is 0.583. The lowest BCUT2D eigenvalue weighted by Crippen LogP contribution is -2.08. The Balaban J connectivity index is 2.31. The molecule has 2 aromatic rings. The van der Waals surface area contributed by atoms with Gasteiger partial charge in [-0.05, 0) is 24.6 Å². The van der Waals surface area contributed by atoms with Crippen molar-refractivity contribution in [3.05, 3.63) is 53.6 Å². The Hall–Kier alpha value is -2.12. The lowest BCUT2D eigenvalue weighted by atomic mass is 10.1. The van der Waals surface area contributed by atoms with E-state index in [1.54, 1.807) is 30.5 Å². The summed E-state index contributed by atoms with van der Waals surface area (Å²) in [5.41, 5.74) is 1.32. The minimum atomic E-state index is -0.752. The van der Waals surface area contributed by atoms with Gasteiger partial charge in [0.1, 0.15) is 11.9 Å². The molecule has 1 aromatic carbocycles. The molecule has 0 saturated carbocycles. The zero-order valence-electron chi connectivity index (χ0n) is 9.54. The van der Waals surface area contributed by atoms with E-state index in [1.807, 2.05) is 23.8 Å². The van der Waals surface area contributed by atoms with Gasteiger partial charge in [-0.1, -0.05) is 12.1 Å². The summed E-state index contributed by atoms with van der Waals surface area (Å²) in [6.45, 7) is 2.76. The highest BCUT2D eigenvalue weighted by atomic mass is 16.3. The van der Waals surface area contributed by atoms with E-state index in [-0.39, 0.29) is 0 Å². The van der Waals surface area contributed by atoms with Crippen LogP contribution in [0.2, 0.25) is 0 Å². The van der Waals surface area contributed by atoms with Gasteiger partial charge in [-0.2, -0.15) is 5.26 Å². The van der Waals surface area contributed by atoms with Gasteiger partial charge in [0.15, 0.2) is 0 Å². The molecule has 0 saturated heterocycles. The molecule has 1 atom stereocenters. The quantitative estimate of drug-likeness (QED) is 0.870. The first-order valence-electron chi connectivity index (χ1n) is 5.45. The number of hydrogen-bond acceptors (Lipinski definition) is 3. The highest BCUT2D eigenvalue weighted by Gasteiger charge is 2.15. The molecule has 0 fully saturated rings. The molecule has 0 bridgehead atoms. The van der Waals surface area contributed by atoms with Gasteiger partial charge >= 0.3 is 0 Å². The maximum atomic E-state index is 10.2. The molecule has 0 aliphatic carbocycles. The molecule has 4 nitrogen and oxygen atoms in total. The van der Waals surface area contributed by atoms with Crippen molar-refractivity contribution in [2.75, 3.05) is 0 Å². The summed E-state index contributed by atoms with van der Waals surface area (Å²) in [6.07, 6.45) is 2.76. The van der Waals surface area contributed by atoms with Crippen molar-refractivity contribution in [3.63, 3.8) is 0 Å². The van der Waals surface area contributed by atoms with Gasteiger partial charge in [-0.25, -0.2) is 4.98 Å². The number of aromatic nitrogens is 2. The van der Waals surface area contributed by atoms with Crippen molar-refractivity contribution in [2.24, 2.45) is 0 Å². The second kappa shape index (κ2) is 4.81. The van der Waals surface area contributed by atoms with Crippen LogP contribution in [0.15, 0.2) is 36.7 Å². The van der Waals surface area contributed by atoms with Crippen molar-refractivity contribution in [3.8, 4) is 6.07 Å². The number of nitrogens with zero attached hydrogens (tertiary/aromatic N) is 3. The lowest BCUT2D eigenvalue weighted by Gasteiger charge is -2.12. The summed E-state index contributed by atoms with van der Waals surface area (Å²) < 4.78 is 1.89. The van der Waals surface area contributed by atoms with E-state index in [2.05, 4.69) is 4.98 Å². The van der Waals surface area contributed by atoms with Crippen LogP contribution >= 0.6 is 0 Å². The molecule has 0 spiro atoms. The molecule has 1 heterocycles. The molecule has 1 aromatic heterocycles. The number of hydrogen-bond donors (Lipinski definition) is 1. The summed E-state index contributed by atoms with van der Waals surface area (Å²) in [4.78, 5) is 4.15. The van der Waals surface area contributed by atoms with E-state index in [0.29, 0.717) is 11.4 Å². The Kier molecular flexibility index (Phi) is 3.22. The monoisotopic (exact) mass is 227 g/mol. The number of nitriles is 1. The fourth-order valence-corrected chi connectivity index (χ4v) is 1.72. The Morgan fingerprint density at radius 3 is 2.71 bits per heavy atom. The lowest BCUT2D eigenvalue weighted by molar-refractivity contribution is 0.205. The van der Waals surface area contributed by atoms with E-state index < -0.39 is 6.10 Å². The number of aryl methyl sites for hydroxylation is 1. The van der Waals surface area contributed by atoms with Crippen molar-refractivity contribution >= 4 is 0 Å². The molecule has 0 aliphatic heterocycles. The van der Waals surface area contributed by atoms with Gasteiger partial charge in [0.2, 0.25) is 0 Å². The number of rotatable bonds is 3. The van der Waals surface area contributed by atoms with Crippen LogP contribution < -0.4 is 0 Å². The number of aliphatic hydroxyl groups excluding tert-OH is 1. The Morgan fingerprint density at radius 2 is 2.12 bits per heavy atom. The van der Waals surface area contributed by atoms with Crippen LogP contribution in [0.1, 0.15) is 30.0 Å². The number of imidazole rings is 1. The van der Waals surface area contributed by atoms with Crippen LogP contribution in [0.4, 0.5) is 0 Å². The third-order valence-corrected chi connectivity index (χ3v) is 2.69. The van der Waals surface area contributed by atoms with Crippen LogP contribution in [0.3, 0.4) is 0 Å². The smallest absolute Gasteiger partial charge is 0.142 e. The van der Waals surface area contributed by atoms with Crippen LogP contribution in [0.25, 0.3) is 0 Å². The standard InChI is InChI=1S/C13H13N3O/c1-2-16-8-7-15-13(16)12(17)11-5-3-10(9-14)4-6-11/h3-8,12,17H,2H2,1H3. The third-order valence-electron chi connectivity index (χ3n) is 2.69. The van der Waals surface area contributed by atoms with E-state index in [0.717, 1.165) is 12.1 Å². The zero-order valence-corrected chi connectivity index (χ0v) is 9.54. The normalized spacial score (nSPS) is 12.1. The average molecular weight is 227 g/mol. The first-order chi connectivity index (χ1) is 8.26. The maximum absolute atomic E-state index is 10.2. The summed E-state index contributed by atoms with van der Waals surface area (Å²) in [5.74, 6) is 0.622. The van der Waals surface area contributed by atoms with Gasteiger partial charge in [0.05, 0.1) is 11.6 Å². The zero-order chi connectivity index (χ0) is 12.3. The van der Waals surface area contributed by atoms with Crippen LogP contribution in [-0.2, 0) is 6.54 Å². The molecule has 17 heavy (non-hydrogen) atoms. The van der Waals surface area contributed by atoms with Crippen LogP contribution in [-0.4, -0.2) is 14.7 Å². The molecule has 0 amide bonds. The van der Waals surface area contributed by atoms with Crippen molar-refractivity contribution in [2.45, 2.75) is 19.6 Å². The average Bonchev–Trinajstić information content (AvgIpc) is 2.86. The SMILES string of the molecule is CCn1ccnc1C(O)c1ccc(C#N)cc1. The Bertz CT molecular complexity index is 537. The first kappa shape index (κ1) is 11.4. The summed E-state index contributed by atoms with van der Waals surface area (Å²) in [6, 6.07) is 8.93. The predicted octanol–water partition coefficient (Wildman–Crippen LogP) is 1.86. The largest absolute Gasteiger partial charge is 0.380 e. The topological polar surface area (TPSA) is 61.8 Å². The molecule has 0 aliphatic rings. The molecule has 1 N–H and O–H groups in total. The predicted molar refractivity (Wildman–Crippen MR) is 63.1 cm³/mol. The molecular weight excluding hydrogens is 214 g/mol. The Morgan fingerprint density at radius 1 is 1.41 bits per heavy atom. The van der Waals surface area contributed by atoms with Gasteiger partial charge in [0.25, 0.3) is 0 Å². The summed E-state index contributed by atoms with van der Waals surface area (Å²) >= 11 is 0. The molecule has 86 valence electrons. The molecule has 0 radical (unpaired) electrons. The Labute approximate surface area is 99.8 Å². The van der Waals surface area contributed by atoms with E-state index in [1.165, 1.54) is 0 Å². The van der Waals surface area contributed by atoms with Crippen molar-refractivity contribution in [1.29, 1.82) is 5.26 Å². The second-order valence-electron chi connectivity index (χ2n) is 3.71. The van der Waals surface area contributed by atoms with Gasteiger partial charge in [0, 0.05) is 18.9 Å². The van der Waals surface area contributed by atoms with Gasteiger partial charge in [-0.15, -0.1) is 0 Å². The van der Waals surface area contributed by atoms with Gasteiger partial charge < -0.3 is 9.67 Å². The maximum Gasteiger partial charge on any atom is 0.142 e. The number of aliphatic hydroxyl groups is 1. The second-order valence-corrected chi connectivity index (χ2v) is 3.71. The molecule has 1 unspecified atom stereocenters. The minimum Gasteiger partial charge on any atom is -0.380 e. The summed E-state index contributed by atoms with van der Waals surface area (Å²) in [5, 5.41) is 18.9. The van der Waals surface area contributed by atoms with Crippen molar-refractivity contribution in [1.82, 2.24) is 9.55 Å². The van der Waals surface area contributed by atoms with Crippen molar-refractivity contribution < 1.29 is 5.11 Å². The fourth-order valence-electron chi connectivity index (χ4n) is 1.72. The fraction of sp³-hybridized carbons (Fsp3) is 0.231. The first-order valence-corrected chi connectivity index (χ1v) is 5.45. The molecule has 2 rings (SSSR count).